The molecule has 0 aliphatic rings. The van der Waals surface area contributed by atoms with E-state index in [0.717, 1.165) is 17.8 Å². The zero-order valence-corrected chi connectivity index (χ0v) is 16.6. The summed E-state index contributed by atoms with van der Waals surface area (Å²) in [7, 11) is 3.99. The number of anilines is 2. The van der Waals surface area contributed by atoms with E-state index in [1.165, 1.54) is 0 Å². The van der Waals surface area contributed by atoms with Crippen LogP contribution in [0.3, 0.4) is 0 Å². The fourth-order valence-electron chi connectivity index (χ4n) is 2.56. The summed E-state index contributed by atoms with van der Waals surface area (Å²) in [4.78, 5) is 16.8. The van der Waals surface area contributed by atoms with E-state index >= 15 is 0 Å². The molecule has 2 rings (SSSR count). The number of amides is 1. The lowest BCUT2D eigenvalue weighted by atomic mass is 10.2. The van der Waals surface area contributed by atoms with Crippen molar-refractivity contribution in [3.63, 3.8) is 0 Å². The Balaban J connectivity index is 1.88. The van der Waals surface area contributed by atoms with Crippen molar-refractivity contribution in [2.45, 2.75) is 24.1 Å². The molecule has 0 spiro atoms. The van der Waals surface area contributed by atoms with Crippen molar-refractivity contribution in [2.75, 3.05) is 37.4 Å². The summed E-state index contributed by atoms with van der Waals surface area (Å²) in [5, 5.41) is 2.81. The van der Waals surface area contributed by atoms with Crippen LogP contribution in [-0.4, -0.2) is 43.7 Å². The maximum absolute atomic E-state index is 12.3. The van der Waals surface area contributed by atoms with Crippen LogP contribution in [0, 0.1) is 0 Å². The van der Waals surface area contributed by atoms with E-state index in [1.54, 1.807) is 24.3 Å². The van der Waals surface area contributed by atoms with Crippen LogP contribution in [0.25, 0.3) is 0 Å². The molecule has 0 aromatic heterocycles. The van der Waals surface area contributed by atoms with Gasteiger partial charge in [-0.1, -0.05) is 30.8 Å². The first-order valence-corrected chi connectivity index (χ1v) is 9.58. The quantitative estimate of drug-likeness (QED) is 0.635. The second kappa shape index (κ2) is 10.3. The molecule has 146 valence electrons. The molecule has 27 heavy (non-hydrogen) atoms. The second-order valence-electron chi connectivity index (χ2n) is 6.32. The molecule has 0 fully saturated rings. The average molecular weight is 394 g/mol. The summed E-state index contributed by atoms with van der Waals surface area (Å²) in [5.74, 6) is -2.58. The lowest BCUT2D eigenvalue weighted by Gasteiger charge is -2.20. The number of nitrogens with zero attached hydrogens (tertiary/aromatic N) is 2. The molecule has 4 nitrogen and oxygen atoms in total. The zero-order chi connectivity index (χ0) is 19.8. The number of hydrogen-bond donors (Lipinski definition) is 1. The molecule has 7 heteroatoms. The zero-order valence-electron chi connectivity index (χ0n) is 15.8. The maximum atomic E-state index is 12.3. The van der Waals surface area contributed by atoms with E-state index in [4.69, 9.17) is 0 Å². The van der Waals surface area contributed by atoms with E-state index in [1.807, 2.05) is 30.8 Å². The van der Waals surface area contributed by atoms with Gasteiger partial charge in [0.25, 0.3) is 5.76 Å². The Bertz CT molecular complexity index is 721. The molecular formula is C20H25F2N3OS. The molecule has 1 amide bonds. The predicted octanol–water partition coefficient (Wildman–Crippen LogP) is 4.53. The van der Waals surface area contributed by atoms with Crippen LogP contribution in [-0.2, 0) is 11.3 Å². The lowest BCUT2D eigenvalue weighted by molar-refractivity contribution is -0.117. The molecule has 0 saturated carbocycles. The summed E-state index contributed by atoms with van der Waals surface area (Å²) in [6, 6.07) is 14.7. The van der Waals surface area contributed by atoms with Crippen molar-refractivity contribution in [3.8, 4) is 0 Å². The van der Waals surface area contributed by atoms with Gasteiger partial charge in [-0.25, -0.2) is 0 Å². The molecule has 0 unspecified atom stereocenters. The third-order valence-corrected chi connectivity index (χ3v) is 4.76. The first kappa shape index (κ1) is 21.2. The summed E-state index contributed by atoms with van der Waals surface area (Å²) in [5.41, 5.74) is 2.88. The minimum Gasteiger partial charge on any atom is -0.378 e. The highest BCUT2D eigenvalue weighted by atomic mass is 32.2. The fourth-order valence-corrected chi connectivity index (χ4v) is 3.06. The van der Waals surface area contributed by atoms with Crippen molar-refractivity contribution in [1.82, 2.24) is 4.90 Å². The van der Waals surface area contributed by atoms with Crippen molar-refractivity contribution < 1.29 is 13.6 Å². The number of halogens is 2. The van der Waals surface area contributed by atoms with E-state index in [9.17, 15) is 13.6 Å². The molecule has 0 bridgehead atoms. The van der Waals surface area contributed by atoms with Crippen LogP contribution in [0.2, 0.25) is 0 Å². The standard InChI is InChI=1S/C20H25F2N3OS/c1-4-25(13-15-5-9-17(10-6-15)24(2)3)14-19(26)23-16-7-11-18(12-8-16)27-20(21)22/h5-12,20H,4,13-14H2,1-3H3,(H,23,26). The molecule has 0 atom stereocenters. The molecular weight excluding hydrogens is 368 g/mol. The number of hydrogen-bond acceptors (Lipinski definition) is 4. The first-order valence-electron chi connectivity index (χ1n) is 8.70. The van der Waals surface area contributed by atoms with Gasteiger partial charge < -0.3 is 10.2 Å². The Labute approximate surface area is 163 Å². The van der Waals surface area contributed by atoms with Gasteiger partial charge in [-0.05, 0) is 48.5 Å². The average Bonchev–Trinajstić information content (AvgIpc) is 2.62. The topological polar surface area (TPSA) is 35.6 Å². The van der Waals surface area contributed by atoms with Gasteiger partial charge in [0.15, 0.2) is 0 Å². The van der Waals surface area contributed by atoms with Gasteiger partial charge in [-0.15, -0.1) is 0 Å². The number of carbonyl (C=O) groups is 1. The predicted molar refractivity (Wildman–Crippen MR) is 109 cm³/mol. The van der Waals surface area contributed by atoms with E-state index in [-0.39, 0.29) is 12.5 Å². The van der Waals surface area contributed by atoms with Gasteiger partial charge in [0.1, 0.15) is 0 Å². The van der Waals surface area contributed by atoms with Crippen molar-refractivity contribution >= 4 is 29.0 Å². The highest BCUT2D eigenvalue weighted by molar-refractivity contribution is 7.99. The van der Waals surface area contributed by atoms with Crippen LogP contribution in [0.5, 0.6) is 0 Å². The Morgan fingerprint density at radius 3 is 2.22 bits per heavy atom. The molecule has 0 saturated heterocycles. The number of alkyl halides is 2. The number of nitrogens with one attached hydrogen (secondary N) is 1. The third kappa shape index (κ3) is 7.19. The summed E-state index contributed by atoms with van der Waals surface area (Å²) >= 11 is 0.487. The Morgan fingerprint density at radius 2 is 1.70 bits per heavy atom. The van der Waals surface area contributed by atoms with Crippen molar-refractivity contribution in [2.24, 2.45) is 0 Å². The Kier molecular flexibility index (Phi) is 8.06. The van der Waals surface area contributed by atoms with Crippen LogP contribution in [0.4, 0.5) is 20.2 Å². The van der Waals surface area contributed by atoms with Crippen LogP contribution in [0.1, 0.15) is 12.5 Å². The monoisotopic (exact) mass is 393 g/mol. The van der Waals surface area contributed by atoms with Crippen LogP contribution >= 0.6 is 11.8 Å². The van der Waals surface area contributed by atoms with E-state index in [2.05, 4.69) is 29.6 Å². The molecule has 0 aliphatic heterocycles. The van der Waals surface area contributed by atoms with Gasteiger partial charge in [0.05, 0.1) is 6.54 Å². The number of thioether (sulfide) groups is 1. The summed E-state index contributed by atoms with van der Waals surface area (Å²) in [6.45, 7) is 3.70. The van der Waals surface area contributed by atoms with Crippen LogP contribution in [0.15, 0.2) is 53.4 Å². The number of rotatable bonds is 9. The number of benzene rings is 2. The third-order valence-electron chi connectivity index (χ3n) is 4.04. The van der Waals surface area contributed by atoms with Gasteiger partial charge >= 0.3 is 0 Å². The SMILES string of the molecule is CCN(CC(=O)Nc1ccc(SC(F)F)cc1)Cc1ccc(N(C)C)cc1. The molecule has 2 aromatic carbocycles. The first-order chi connectivity index (χ1) is 12.9. The Hall–Kier alpha value is -2.12. The van der Waals surface area contributed by atoms with Crippen molar-refractivity contribution in [1.29, 1.82) is 0 Å². The highest BCUT2D eigenvalue weighted by Gasteiger charge is 2.11. The fraction of sp³-hybridized carbons (Fsp3) is 0.350. The maximum Gasteiger partial charge on any atom is 0.288 e. The molecule has 1 N–H and O–H groups in total. The van der Waals surface area contributed by atoms with Gasteiger partial charge in [0, 0.05) is 36.9 Å². The van der Waals surface area contributed by atoms with Crippen LogP contribution < -0.4 is 10.2 Å². The number of carbonyl (C=O) groups excluding carboxylic acids is 1. The smallest absolute Gasteiger partial charge is 0.288 e. The minimum atomic E-state index is -2.45. The summed E-state index contributed by atoms with van der Waals surface area (Å²) < 4.78 is 24.7. The highest BCUT2D eigenvalue weighted by Crippen LogP contribution is 2.26. The molecule has 2 aromatic rings. The molecule has 0 radical (unpaired) electrons. The number of likely N-dealkylation sites (N-methyl/N-ethyl adjacent to an activating group) is 1. The molecule has 0 heterocycles. The van der Waals surface area contributed by atoms with Gasteiger partial charge in [-0.2, -0.15) is 8.78 Å². The largest absolute Gasteiger partial charge is 0.378 e. The van der Waals surface area contributed by atoms with E-state index < -0.39 is 5.76 Å². The normalized spacial score (nSPS) is 11.1. The van der Waals surface area contributed by atoms with E-state index in [0.29, 0.717) is 28.9 Å². The molecule has 0 aliphatic carbocycles. The van der Waals surface area contributed by atoms with Gasteiger partial charge in [-0.3, -0.25) is 9.69 Å². The summed E-state index contributed by atoms with van der Waals surface area (Å²) in [6.07, 6.45) is 0. The van der Waals surface area contributed by atoms with Crippen molar-refractivity contribution in [3.05, 3.63) is 54.1 Å². The van der Waals surface area contributed by atoms with Gasteiger partial charge in [0.2, 0.25) is 5.91 Å². The second-order valence-corrected chi connectivity index (χ2v) is 7.38. The Morgan fingerprint density at radius 1 is 1.07 bits per heavy atom. The minimum absolute atomic E-state index is 0.129. The lowest BCUT2D eigenvalue weighted by Crippen LogP contribution is -2.32.